The van der Waals surface area contributed by atoms with Crippen molar-refractivity contribution < 1.29 is 4.74 Å². The first kappa shape index (κ1) is 13.7. The van der Waals surface area contributed by atoms with Gasteiger partial charge < -0.3 is 9.30 Å². The molecule has 0 radical (unpaired) electrons. The Hall–Kier alpha value is -1.77. The summed E-state index contributed by atoms with van der Waals surface area (Å²) in [6.45, 7) is 3.00. The molecule has 0 saturated carbocycles. The van der Waals surface area contributed by atoms with Crippen molar-refractivity contribution in [2.75, 3.05) is 7.11 Å². The van der Waals surface area contributed by atoms with Gasteiger partial charge in [0.05, 0.1) is 7.11 Å². The second-order valence-electron chi connectivity index (χ2n) is 4.83. The van der Waals surface area contributed by atoms with E-state index >= 15 is 0 Å². The van der Waals surface area contributed by atoms with Crippen molar-refractivity contribution in [3.63, 3.8) is 0 Å². The third-order valence-corrected chi connectivity index (χ3v) is 3.44. The predicted octanol–water partition coefficient (Wildman–Crippen LogP) is 3.59. The minimum Gasteiger partial charge on any atom is -0.497 e. The van der Waals surface area contributed by atoms with Crippen LogP contribution in [0.15, 0.2) is 35.3 Å². The van der Waals surface area contributed by atoms with Crippen LogP contribution in [0, 0.1) is 0 Å². The molecule has 3 heteroatoms. The Bertz CT molecular complexity index is 601. The number of ether oxygens (including phenoxy) is 1. The highest BCUT2D eigenvalue weighted by molar-refractivity contribution is 5.82. The van der Waals surface area contributed by atoms with Crippen molar-refractivity contribution in [2.24, 2.45) is 0 Å². The lowest BCUT2D eigenvalue weighted by Gasteiger charge is -2.08. The van der Waals surface area contributed by atoms with Crippen LogP contribution in [0.25, 0.3) is 10.8 Å². The quantitative estimate of drug-likeness (QED) is 0.742. The summed E-state index contributed by atoms with van der Waals surface area (Å²) in [5, 5.41) is 1.70. The first-order chi connectivity index (χ1) is 9.26. The highest BCUT2D eigenvalue weighted by Crippen LogP contribution is 2.17. The normalized spacial score (nSPS) is 10.8. The Balaban J connectivity index is 2.23. The maximum absolute atomic E-state index is 12.3. The summed E-state index contributed by atoms with van der Waals surface area (Å²) in [6, 6.07) is 7.57. The molecule has 1 heterocycles. The number of methoxy groups -OCH3 is 1. The molecule has 0 bridgehead atoms. The van der Waals surface area contributed by atoms with Crippen LogP contribution in [0.5, 0.6) is 5.75 Å². The number of hydrogen-bond acceptors (Lipinski definition) is 2. The fourth-order valence-electron chi connectivity index (χ4n) is 2.28. The molecule has 0 aliphatic heterocycles. The van der Waals surface area contributed by atoms with Gasteiger partial charge in [-0.2, -0.15) is 0 Å². The topological polar surface area (TPSA) is 31.2 Å². The molecule has 0 fully saturated rings. The van der Waals surface area contributed by atoms with Gasteiger partial charge in [0.15, 0.2) is 0 Å². The van der Waals surface area contributed by atoms with E-state index in [0.29, 0.717) is 0 Å². The van der Waals surface area contributed by atoms with Crippen molar-refractivity contribution in [3.05, 3.63) is 40.8 Å². The van der Waals surface area contributed by atoms with E-state index in [2.05, 4.69) is 6.92 Å². The third-order valence-electron chi connectivity index (χ3n) is 3.44. The Morgan fingerprint density at radius 2 is 2.00 bits per heavy atom. The summed E-state index contributed by atoms with van der Waals surface area (Å²) in [5.41, 5.74) is 0.0941. The van der Waals surface area contributed by atoms with Gasteiger partial charge in [0.25, 0.3) is 5.56 Å². The van der Waals surface area contributed by atoms with Crippen LogP contribution in [0.1, 0.15) is 32.6 Å². The molecule has 3 nitrogen and oxygen atoms in total. The number of nitrogens with zero attached hydrogens (tertiary/aromatic N) is 1. The molecule has 0 aliphatic rings. The fourth-order valence-corrected chi connectivity index (χ4v) is 2.28. The van der Waals surface area contributed by atoms with Crippen LogP contribution < -0.4 is 10.3 Å². The lowest BCUT2D eigenvalue weighted by atomic mass is 10.1. The second-order valence-corrected chi connectivity index (χ2v) is 4.83. The average Bonchev–Trinajstić information content (AvgIpc) is 2.45. The van der Waals surface area contributed by atoms with Crippen molar-refractivity contribution in [1.82, 2.24) is 4.57 Å². The third kappa shape index (κ3) is 3.16. The molecule has 1 aromatic heterocycles. The molecule has 0 N–H and O–H groups in total. The number of unbranched alkanes of at least 4 members (excludes halogenated alkanes) is 3. The molecule has 0 atom stereocenters. The molecule has 2 rings (SSSR count). The van der Waals surface area contributed by atoms with E-state index in [0.717, 1.165) is 29.5 Å². The highest BCUT2D eigenvalue weighted by atomic mass is 16.5. The largest absolute Gasteiger partial charge is 0.497 e. The Labute approximate surface area is 113 Å². The van der Waals surface area contributed by atoms with E-state index in [1.54, 1.807) is 7.11 Å². The van der Waals surface area contributed by atoms with Crippen molar-refractivity contribution in [1.29, 1.82) is 0 Å². The molecule has 0 spiro atoms. The van der Waals surface area contributed by atoms with Gasteiger partial charge in [-0.1, -0.05) is 26.2 Å². The maximum Gasteiger partial charge on any atom is 0.258 e. The van der Waals surface area contributed by atoms with Crippen molar-refractivity contribution >= 4 is 10.8 Å². The summed E-state index contributed by atoms with van der Waals surface area (Å²) in [6.07, 6.45) is 6.58. The highest BCUT2D eigenvalue weighted by Gasteiger charge is 2.03. The van der Waals surface area contributed by atoms with Gasteiger partial charge in [0, 0.05) is 18.1 Å². The minimum atomic E-state index is 0.0941. The van der Waals surface area contributed by atoms with Crippen molar-refractivity contribution in [3.8, 4) is 5.75 Å². The lowest BCUT2D eigenvalue weighted by Crippen LogP contribution is -2.19. The number of aromatic nitrogens is 1. The standard InChI is InChI=1S/C16H21NO2/c1-3-4-5-6-10-17-11-9-13-12-14(19-2)7-8-15(13)16(17)18/h7-9,11-12H,3-6,10H2,1-2H3. The predicted molar refractivity (Wildman–Crippen MR) is 78.9 cm³/mol. The molecule has 0 saturated heterocycles. The van der Waals surface area contributed by atoms with Crippen LogP contribution in [0.3, 0.4) is 0 Å². The summed E-state index contributed by atoms with van der Waals surface area (Å²) in [5.74, 6) is 0.785. The Morgan fingerprint density at radius 3 is 2.74 bits per heavy atom. The first-order valence-corrected chi connectivity index (χ1v) is 6.93. The van der Waals surface area contributed by atoms with Gasteiger partial charge in [-0.3, -0.25) is 4.79 Å². The number of hydrogen-bond donors (Lipinski definition) is 0. The second kappa shape index (κ2) is 6.41. The molecule has 0 aliphatic carbocycles. The van der Waals surface area contributed by atoms with Crippen LogP contribution >= 0.6 is 0 Å². The lowest BCUT2D eigenvalue weighted by molar-refractivity contribution is 0.415. The molecule has 102 valence electrons. The minimum absolute atomic E-state index is 0.0941. The smallest absolute Gasteiger partial charge is 0.258 e. The van der Waals surface area contributed by atoms with E-state index < -0.39 is 0 Å². The van der Waals surface area contributed by atoms with Crippen LogP contribution in [-0.2, 0) is 6.54 Å². The average molecular weight is 259 g/mol. The molecule has 0 unspecified atom stereocenters. The first-order valence-electron chi connectivity index (χ1n) is 6.93. The van der Waals surface area contributed by atoms with E-state index in [9.17, 15) is 4.79 Å². The van der Waals surface area contributed by atoms with Crippen LogP contribution in [0.4, 0.5) is 0 Å². The summed E-state index contributed by atoms with van der Waals surface area (Å²) in [7, 11) is 1.64. The summed E-state index contributed by atoms with van der Waals surface area (Å²) >= 11 is 0. The van der Waals surface area contributed by atoms with E-state index in [-0.39, 0.29) is 5.56 Å². The number of pyridine rings is 1. The van der Waals surface area contributed by atoms with Gasteiger partial charge in [-0.25, -0.2) is 0 Å². The number of benzene rings is 1. The maximum atomic E-state index is 12.3. The zero-order valence-corrected chi connectivity index (χ0v) is 11.7. The zero-order valence-electron chi connectivity index (χ0n) is 11.7. The molecule has 19 heavy (non-hydrogen) atoms. The van der Waals surface area contributed by atoms with E-state index in [4.69, 9.17) is 4.74 Å². The van der Waals surface area contributed by atoms with E-state index in [1.807, 2.05) is 35.0 Å². The molecular formula is C16H21NO2. The van der Waals surface area contributed by atoms with Gasteiger partial charge in [0.2, 0.25) is 0 Å². The number of aryl methyl sites for hydroxylation is 1. The van der Waals surface area contributed by atoms with Crippen LogP contribution in [0.2, 0.25) is 0 Å². The van der Waals surface area contributed by atoms with Crippen molar-refractivity contribution in [2.45, 2.75) is 39.2 Å². The monoisotopic (exact) mass is 259 g/mol. The zero-order chi connectivity index (χ0) is 13.7. The summed E-state index contributed by atoms with van der Waals surface area (Å²) in [4.78, 5) is 12.3. The van der Waals surface area contributed by atoms with Crippen LogP contribution in [-0.4, -0.2) is 11.7 Å². The van der Waals surface area contributed by atoms with Gasteiger partial charge >= 0.3 is 0 Å². The molecule has 0 amide bonds. The molecule has 2 aromatic rings. The number of rotatable bonds is 6. The van der Waals surface area contributed by atoms with Gasteiger partial charge in [-0.05, 0) is 36.1 Å². The Kier molecular flexibility index (Phi) is 4.61. The van der Waals surface area contributed by atoms with Gasteiger partial charge in [-0.15, -0.1) is 0 Å². The summed E-state index contributed by atoms with van der Waals surface area (Å²) < 4.78 is 6.99. The number of fused-ring (bicyclic) bond motifs is 1. The fraction of sp³-hybridized carbons (Fsp3) is 0.438. The van der Waals surface area contributed by atoms with Gasteiger partial charge in [0.1, 0.15) is 5.75 Å². The molecule has 1 aromatic carbocycles. The molecular weight excluding hydrogens is 238 g/mol. The Morgan fingerprint density at radius 1 is 1.16 bits per heavy atom. The van der Waals surface area contributed by atoms with E-state index in [1.165, 1.54) is 19.3 Å². The SMILES string of the molecule is CCCCCCn1ccc2cc(OC)ccc2c1=O.